The molecule has 10 heteroatoms. The second kappa shape index (κ2) is 8.40. The lowest BCUT2D eigenvalue weighted by atomic mass is 10.1. The van der Waals surface area contributed by atoms with E-state index >= 15 is 0 Å². The lowest BCUT2D eigenvalue weighted by Gasteiger charge is -2.18. The largest absolute Gasteiger partial charge is 0.573 e. The molecule has 1 N–H and O–H groups in total. The van der Waals surface area contributed by atoms with Gasteiger partial charge in [0.15, 0.2) is 0 Å². The second-order valence-electron chi connectivity index (χ2n) is 5.24. The summed E-state index contributed by atoms with van der Waals surface area (Å²) in [6.45, 7) is 1.63. The molecule has 2 rings (SSSR count). The number of esters is 1. The van der Waals surface area contributed by atoms with Gasteiger partial charge in [-0.25, -0.2) is 13.2 Å². The van der Waals surface area contributed by atoms with E-state index in [0.29, 0.717) is 5.56 Å². The van der Waals surface area contributed by atoms with Gasteiger partial charge in [-0.3, -0.25) is 0 Å². The Morgan fingerprint density at radius 1 is 1.07 bits per heavy atom. The summed E-state index contributed by atoms with van der Waals surface area (Å²) < 4.78 is 72.5. The van der Waals surface area contributed by atoms with Crippen LogP contribution in [0.4, 0.5) is 13.2 Å². The Kier molecular flexibility index (Phi) is 6.45. The van der Waals surface area contributed by atoms with Gasteiger partial charge < -0.3 is 9.47 Å². The molecule has 0 saturated carbocycles. The summed E-state index contributed by atoms with van der Waals surface area (Å²) in [5.41, 5.74) is 0.358. The summed E-state index contributed by atoms with van der Waals surface area (Å²) in [5.74, 6) is -1.37. The molecule has 0 aliphatic carbocycles. The normalized spacial score (nSPS) is 13.0. The predicted octanol–water partition coefficient (Wildman–Crippen LogP) is 3.17. The van der Waals surface area contributed by atoms with Crippen LogP contribution < -0.4 is 9.46 Å². The first-order valence-corrected chi connectivity index (χ1v) is 9.20. The van der Waals surface area contributed by atoms with E-state index in [2.05, 4.69) is 9.46 Å². The van der Waals surface area contributed by atoms with E-state index < -0.39 is 34.1 Å². The van der Waals surface area contributed by atoms with Crippen LogP contribution in [0.2, 0.25) is 0 Å². The van der Waals surface area contributed by atoms with Crippen LogP contribution in [0, 0.1) is 0 Å². The topological polar surface area (TPSA) is 81.7 Å². The third-order valence-electron chi connectivity index (χ3n) is 3.30. The summed E-state index contributed by atoms with van der Waals surface area (Å²) in [6.07, 6.45) is -4.89. The Morgan fingerprint density at radius 3 is 2.19 bits per heavy atom. The molecule has 0 aliphatic rings. The summed E-state index contributed by atoms with van der Waals surface area (Å²) in [5, 5.41) is 0. The summed E-state index contributed by atoms with van der Waals surface area (Å²) in [6, 6.07) is 10.3. The average molecular weight is 403 g/mol. The van der Waals surface area contributed by atoms with Crippen molar-refractivity contribution in [3.8, 4) is 5.75 Å². The van der Waals surface area contributed by atoms with Gasteiger partial charge in [-0.15, -0.1) is 13.2 Å². The number of benzene rings is 2. The molecule has 0 aromatic heterocycles. The van der Waals surface area contributed by atoms with Gasteiger partial charge in [0.05, 0.1) is 11.5 Å². The number of hydrogen-bond acceptors (Lipinski definition) is 5. The molecule has 0 saturated heterocycles. The first-order valence-electron chi connectivity index (χ1n) is 7.72. The van der Waals surface area contributed by atoms with Crippen LogP contribution in [0.1, 0.15) is 18.5 Å². The molecule has 2 aromatic rings. The molecular weight excluding hydrogens is 387 g/mol. The lowest BCUT2D eigenvalue weighted by Crippen LogP contribution is -2.35. The van der Waals surface area contributed by atoms with E-state index in [1.165, 1.54) is 0 Å². The third kappa shape index (κ3) is 5.97. The van der Waals surface area contributed by atoms with Crippen molar-refractivity contribution < 1.29 is 35.9 Å². The minimum absolute atomic E-state index is 0.0490. The van der Waals surface area contributed by atoms with E-state index in [-0.39, 0.29) is 11.5 Å². The molecule has 0 amide bonds. The molecule has 1 atom stereocenters. The van der Waals surface area contributed by atoms with E-state index in [4.69, 9.17) is 4.74 Å². The molecule has 27 heavy (non-hydrogen) atoms. The van der Waals surface area contributed by atoms with Crippen LogP contribution in [-0.4, -0.2) is 27.4 Å². The molecule has 0 spiro atoms. The molecule has 146 valence electrons. The van der Waals surface area contributed by atoms with Gasteiger partial charge in [-0.1, -0.05) is 30.3 Å². The maximum Gasteiger partial charge on any atom is 0.573 e. The van der Waals surface area contributed by atoms with E-state index in [1.54, 1.807) is 37.3 Å². The number of alkyl halides is 3. The fourth-order valence-electron chi connectivity index (χ4n) is 2.17. The smallest absolute Gasteiger partial charge is 0.465 e. The monoisotopic (exact) mass is 403 g/mol. The quantitative estimate of drug-likeness (QED) is 0.719. The Bertz CT molecular complexity index is 868. The van der Waals surface area contributed by atoms with Gasteiger partial charge in [0.25, 0.3) is 0 Å². The molecule has 2 aromatic carbocycles. The number of carbonyl (C=O) groups is 1. The number of rotatable bonds is 7. The average Bonchev–Trinajstić information content (AvgIpc) is 2.60. The number of nitrogens with one attached hydrogen (secondary N) is 1. The Labute approximate surface area is 154 Å². The van der Waals surface area contributed by atoms with E-state index in [9.17, 15) is 26.4 Å². The third-order valence-corrected chi connectivity index (χ3v) is 4.73. The Hall–Kier alpha value is -2.59. The van der Waals surface area contributed by atoms with Crippen LogP contribution in [0.25, 0.3) is 0 Å². The van der Waals surface area contributed by atoms with Crippen molar-refractivity contribution >= 4 is 16.0 Å². The fourth-order valence-corrected chi connectivity index (χ4v) is 3.34. The zero-order chi connectivity index (χ0) is 20.1. The van der Waals surface area contributed by atoms with E-state index in [1.807, 2.05) is 0 Å². The van der Waals surface area contributed by atoms with Crippen molar-refractivity contribution in [2.75, 3.05) is 6.61 Å². The van der Waals surface area contributed by atoms with Gasteiger partial charge in [-0.05, 0) is 36.8 Å². The van der Waals surface area contributed by atoms with Crippen molar-refractivity contribution in [2.45, 2.75) is 24.2 Å². The highest BCUT2D eigenvalue weighted by Gasteiger charge is 2.32. The molecule has 0 bridgehead atoms. The minimum Gasteiger partial charge on any atom is -0.465 e. The summed E-state index contributed by atoms with van der Waals surface area (Å²) >= 11 is 0. The standard InChI is InChI=1S/C17H16F3NO5S/c1-2-25-16(22)15(12-6-4-3-5-7-12)21-27(23,24)14-10-8-13(9-11-14)26-17(18,19)20/h3-11,15,21H,2H2,1H3. The maximum atomic E-state index is 12.5. The molecular formula is C17H16F3NO5S. The van der Waals surface area contributed by atoms with Gasteiger partial charge >= 0.3 is 12.3 Å². The lowest BCUT2D eigenvalue weighted by molar-refractivity contribution is -0.274. The van der Waals surface area contributed by atoms with Gasteiger partial charge in [-0.2, -0.15) is 4.72 Å². The number of hydrogen-bond donors (Lipinski definition) is 1. The van der Waals surface area contributed by atoms with Crippen LogP contribution in [0.15, 0.2) is 59.5 Å². The zero-order valence-electron chi connectivity index (χ0n) is 14.1. The van der Waals surface area contributed by atoms with Crippen LogP contribution in [0.5, 0.6) is 5.75 Å². The zero-order valence-corrected chi connectivity index (χ0v) is 14.9. The molecule has 0 fully saturated rings. The number of sulfonamides is 1. The van der Waals surface area contributed by atoms with Crippen molar-refractivity contribution in [3.63, 3.8) is 0 Å². The summed E-state index contributed by atoms with van der Waals surface area (Å²) in [7, 11) is -4.22. The first-order chi connectivity index (χ1) is 12.6. The molecule has 1 unspecified atom stereocenters. The van der Waals surface area contributed by atoms with Crippen LogP contribution >= 0.6 is 0 Å². The highest BCUT2D eigenvalue weighted by molar-refractivity contribution is 7.89. The summed E-state index contributed by atoms with van der Waals surface area (Å²) in [4.78, 5) is 11.8. The van der Waals surface area contributed by atoms with Crippen molar-refractivity contribution in [1.29, 1.82) is 0 Å². The first kappa shape index (κ1) is 20.7. The molecule has 6 nitrogen and oxygen atoms in total. The predicted molar refractivity (Wildman–Crippen MR) is 89.3 cm³/mol. The second-order valence-corrected chi connectivity index (χ2v) is 6.95. The van der Waals surface area contributed by atoms with Gasteiger partial charge in [0.1, 0.15) is 11.8 Å². The number of halogens is 3. The van der Waals surface area contributed by atoms with Gasteiger partial charge in [0, 0.05) is 0 Å². The van der Waals surface area contributed by atoms with Crippen molar-refractivity contribution in [1.82, 2.24) is 4.72 Å². The fraction of sp³-hybridized carbons (Fsp3) is 0.235. The van der Waals surface area contributed by atoms with Crippen LogP contribution in [-0.2, 0) is 19.6 Å². The minimum atomic E-state index is -4.89. The molecule has 0 radical (unpaired) electrons. The Balaban J connectivity index is 2.27. The Morgan fingerprint density at radius 2 is 1.67 bits per heavy atom. The van der Waals surface area contributed by atoms with Crippen molar-refractivity contribution in [3.05, 3.63) is 60.2 Å². The number of carbonyl (C=O) groups excluding carboxylic acids is 1. The van der Waals surface area contributed by atoms with E-state index in [0.717, 1.165) is 24.3 Å². The maximum absolute atomic E-state index is 12.5. The molecule has 0 heterocycles. The highest BCUT2D eigenvalue weighted by Crippen LogP contribution is 2.25. The number of ether oxygens (including phenoxy) is 2. The molecule has 0 aliphatic heterocycles. The van der Waals surface area contributed by atoms with Gasteiger partial charge in [0.2, 0.25) is 10.0 Å². The van der Waals surface area contributed by atoms with Crippen LogP contribution in [0.3, 0.4) is 0 Å². The highest BCUT2D eigenvalue weighted by atomic mass is 32.2. The van der Waals surface area contributed by atoms with Crippen molar-refractivity contribution in [2.24, 2.45) is 0 Å². The SMILES string of the molecule is CCOC(=O)C(NS(=O)(=O)c1ccc(OC(F)(F)F)cc1)c1ccccc1.